The number of nitrogens with zero attached hydrogens (tertiary/aromatic N) is 1. The van der Waals surface area contributed by atoms with Gasteiger partial charge in [0.25, 0.3) is 5.91 Å². The second-order valence-electron chi connectivity index (χ2n) is 7.57. The molecule has 2 aromatic carbocycles. The highest BCUT2D eigenvalue weighted by atomic mass is 16.3. The molecule has 29 heavy (non-hydrogen) atoms. The molecule has 0 fully saturated rings. The van der Waals surface area contributed by atoms with Crippen LogP contribution < -0.4 is 5.73 Å². The minimum Gasteiger partial charge on any atom is -0.507 e. The maximum Gasteiger partial charge on any atom is 0.256 e. The van der Waals surface area contributed by atoms with Gasteiger partial charge < -0.3 is 26.2 Å². The number of hydrogen-bond acceptors (Lipinski definition) is 7. The van der Waals surface area contributed by atoms with Crippen LogP contribution in [0.3, 0.4) is 0 Å². The van der Waals surface area contributed by atoms with Gasteiger partial charge in [0.1, 0.15) is 28.6 Å². The summed E-state index contributed by atoms with van der Waals surface area (Å²) in [6, 6.07) is 5.64. The highest BCUT2D eigenvalue weighted by Gasteiger charge is 2.47. The molecular weight excluding hydrogens is 376 g/mol. The SMILES string of the molecule is CN(C)[C@@H]1C(=O)C(C(N)=O)=C(O)C2=C(O)c3c(cc4cccc(O)c4c3O)C[C@H]21. The Morgan fingerprint density at radius 3 is 2.45 bits per heavy atom. The summed E-state index contributed by atoms with van der Waals surface area (Å²) in [4.78, 5) is 26.3. The number of phenolic OH excluding ortho intramolecular Hbond substituents is 2. The van der Waals surface area contributed by atoms with Crippen LogP contribution >= 0.6 is 0 Å². The number of carbonyl (C=O) groups excluding carboxylic acids is 2. The fourth-order valence-corrected chi connectivity index (χ4v) is 4.52. The summed E-state index contributed by atoms with van der Waals surface area (Å²) >= 11 is 0. The number of aliphatic hydroxyl groups excluding tert-OH is 2. The van der Waals surface area contributed by atoms with E-state index in [2.05, 4.69) is 0 Å². The van der Waals surface area contributed by atoms with E-state index < -0.39 is 40.7 Å². The molecule has 0 bridgehead atoms. The molecule has 0 aromatic heterocycles. The monoisotopic (exact) mass is 396 g/mol. The number of ketones is 1. The van der Waals surface area contributed by atoms with E-state index in [4.69, 9.17) is 5.73 Å². The Bertz CT molecular complexity index is 1160. The van der Waals surface area contributed by atoms with E-state index in [-0.39, 0.29) is 34.4 Å². The van der Waals surface area contributed by atoms with Gasteiger partial charge in [-0.3, -0.25) is 14.5 Å². The summed E-state index contributed by atoms with van der Waals surface area (Å²) in [5.41, 5.74) is 5.32. The molecule has 2 aromatic rings. The largest absolute Gasteiger partial charge is 0.507 e. The Balaban J connectivity index is 2.09. The van der Waals surface area contributed by atoms with E-state index in [0.29, 0.717) is 10.9 Å². The summed E-state index contributed by atoms with van der Waals surface area (Å²) in [6.07, 6.45) is 0.221. The number of allylic oxidation sites excluding steroid dienone is 1. The molecule has 0 spiro atoms. The first-order chi connectivity index (χ1) is 13.6. The number of aromatic hydroxyl groups is 2. The maximum atomic E-state index is 12.9. The first-order valence-electron chi connectivity index (χ1n) is 8.99. The average molecular weight is 396 g/mol. The van der Waals surface area contributed by atoms with Crippen molar-refractivity contribution in [1.82, 2.24) is 4.90 Å². The minimum absolute atomic E-state index is 0.0188. The van der Waals surface area contributed by atoms with Gasteiger partial charge >= 0.3 is 0 Å². The summed E-state index contributed by atoms with van der Waals surface area (Å²) < 4.78 is 0. The molecule has 1 amide bonds. The van der Waals surface area contributed by atoms with Crippen LogP contribution in [0.5, 0.6) is 11.5 Å². The highest BCUT2D eigenvalue weighted by molar-refractivity contribution is 6.23. The minimum atomic E-state index is -1.09. The molecule has 0 radical (unpaired) electrons. The van der Waals surface area contributed by atoms with Crippen LogP contribution in [0, 0.1) is 5.92 Å². The summed E-state index contributed by atoms with van der Waals surface area (Å²) in [5.74, 6) is -3.99. The van der Waals surface area contributed by atoms with Gasteiger partial charge in [-0.05, 0) is 43.6 Å². The zero-order chi connectivity index (χ0) is 21.2. The quantitative estimate of drug-likeness (QED) is 0.484. The normalized spacial score (nSPS) is 21.6. The number of Topliss-reactive ketones (excluding diaryl/α,β-unsaturated/α-hetero) is 1. The zero-order valence-electron chi connectivity index (χ0n) is 15.8. The fraction of sp³-hybridized carbons (Fsp3) is 0.238. The van der Waals surface area contributed by atoms with Crippen molar-refractivity contribution in [2.24, 2.45) is 11.7 Å². The van der Waals surface area contributed by atoms with Crippen LogP contribution in [0.1, 0.15) is 11.1 Å². The number of benzene rings is 2. The maximum absolute atomic E-state index is 12.9. The summed E-state index contributed by atoms with van der Waals surface area (Å²) in [5, 5.41) is 43.3. The van der Waals surface area contributed by atoms with Gasteiger partial charge in [0.2, 0.25) is 0 Å². The second-order valence-corrected chi connectivity index (χ2v) is 7.57. The van der Waals surface area contributed by atoms with Gasteiger partial charge in [0, 0.05) is 11.5 Å². The fourth-order valence-electron chi connectivity index (χ4n) is 4.52. The number of aliphatic hydroxyl groups is 2. The molecule has 2 aliphatic carbocycles. The Kier molecular flexibility index (Phi) is 4.06. The van der Waals surface area contributed by atoms with Crippen LogP contribution in [-0.2, 0) is 16.0 Å². The molecule has 2 aliphatic rings. The van der Waals surface area contributed by atoms with Crippen molar-refractivity contribution in [2.45, 2.75) is 12.5 Å². The van der Waals surface area contributed by atoms with Gasteiger partial charge in [-0.1, -0.05) is 12.1 Å². The van der Waals surface area contributed by atoms with Gasteiger partial charge in [-0.15, -0.1) is 0 Å². The van der Waals surface area contributed by atoms with Gasteiger partial charge in [0.05, 0.1) is 17.0 Å². The smallest absolute Gasteiger partial charge is 0.256 e. The van der Waals surface area contributed by atoms with E-state index in [9.17, 15) is 30.0 Å². The molecule has 8 heteroatoms. The molecular formula is C21H20N2O6. The Morgan fingerprint density at radius 2 is 1.83 bits per heavy atom. The first kappa shape index (κ1) is 18.8. The Labute approximate surface area is 165 Å². The van der Waals surface area contributed by atoms with Gasteiger partial charge in [0.15, 0.2) is 5.78 Å². The zero-order valence-corrected chi connectivity index (χ0v) is 15.8. The predicted octanol–water partition coefficient (Wildman–Crippen LogP) is 1.50. The van der Waals surface area contributed by atoms with E-state index in [1.807, 2.05) is 0 Å². The molecule has 150 valence electrons. The van der Waals surface area contributed by atoms with Crippen LogP contribution in [-0.4, -0.2) is 57.2 Å². The lowest BCUT2D eigenvalue weighted by Gasteiger charge is -2.39. The third-order valence-electron chi connectivity index (χ3n) is 5.69. The van der Waals surface area contributed by atoms with E-state index in [1.54, 1.807) is 37.2 Å². The number of hydrogen-bond donors (Lipinski definition) is 5. The third kappa shape index (κ3) is 2.49. The lowest BCUT2D eigenvalue weighted by molar-refractivity contribution is -0.125. The van der Waals surface area contributed by atoms with Crippen molar-refractivity contribution in [1.29, 1.82) is 0 Å². The van der Waals surface area contributed by atoms with Crippen molar-refractivity contribution >= 4 is 28.2 Å². The standard InChI is InChI=1S/C21H20N2O6/c1-23(2)16-10-7-9-6-8-4-3-5-11(24)12(8)17(25)13(9)18(26)14(10)19(27)15(20(16)28)21(22)29/h3-6,10,16,24-27H,7H2,1-2H3,(H2,22,29)/t10-,16+/m1/s1. The molecule has 8 nitrogen and oxygen atoms in total. The lowest BCUT2D eigenvalue weighted by atomic mass is 9.70. The molecule has 0 aliphatic heterocycles. The molecule has 0 unspecified atom stereocenters. The number of likely N-dealkylation sites (N-methyl/N-ethyl adjacent to an activating group) is 1. The van der Waals surface area contributed by atoms with Crippen LogP contribution in [0.2, 0.25) is 0 Å². The Morgan fingerprint density at radius 1 is 1.14 bits per heavy atom. The first-order valence-corrected chi connectivity index (χ1v) is 8.99. The third-order valence-corrected chi connectivity index (χ3v) is 5.69. The highest BCUT2D eigenvalue weighted by Crippen LogP contribution is 2.49. The summed E-state index contributed by atoms with van der Waals surface area (Å²) in [6.45, 7) is 0. The molecule has 4 rings (SSSR count). The van der Waals surface area contributed by atoms with Gasteiger partial charge in [-0.25, -0.2) is 0 Å². The number of phenols is 2. The molecule has 0 saturated heterocycles. The number of primary amides is 1. The van der Waals surface area contributed by atoms with E-state index >= 15 is 0 Å². The second kappa shape index (κ2) is 6.25. The summed E-state index contributed by atoms with van der Waals surface area (Å²) in [7, 11) is 3.31. The number of nitrogens with two attached hydrogens (primary N) is 1. The molecule has 6 N–H and O–H groups in total. The predicted molar refractivity (Wildman–Crippen MR) is 105 cm³/mol. The topological polar surface area (TPSA) is 144 Å². The number of rotatable bonds is 2. The van der Waals surface area contributed by atoms with Crippen molar-refractivity contribution < 1.29 is 30.0 Å². The van der Waals surface area contributed by atoms with Crippen LogP contribution in [0.15, 0.2) is 41.2 Å². The van der Waals surface area contributed by atoms with E-state index in [0.717, 1.165) is 0 Å². The Hall–Kier alpha value is -3.52. The number of amides is 1. The van der Waals surface area contributed by atoms with Crippen molar-refractivity contribution in [3.8, 4) is 11.5 Å². The molecule has 0 saturated carbocycles. The van der Waals surface area contributed by atoms with Crippen molar-refractivity contribution in [3.05, 3.63) is 52.3 Å². The number of fused-ring (bicyclic) bond motifs is 3. The average Bonchev–Trinajstić information content (AvgIpc) is 2.60. The van der Waals surface area contributed by atoms with Crippen molar-refractivity contribution in [3.63, 3.8) is 0 Å². The van der Waals surface area contributed by atoms with Crippen LogP contribution in [0.4, 0.5) is 0 Å². The van der Waals surface area contributed by atoms with Crippen molar-refractivity contribution in [2.75, 3.05) is 14.1 Å². The van der Waals surface area contributed by atoms with E-state index in [1.165, 1.54) is 6.07 Å². The molecule has 2 atom stereocenters. The van der Waals surface area contributed by atoms with Gasteiger partial charge in [-0.2, -0.15) is 0 Å². The molecule has 0 heterocycles. The lowest BCUT2D eigenvalue weighted by Crippen LogP contribution is -2.50. The number of carbonyl (C=O) groups is 2. The van der Waals surface area contributed by atoms with Crippen LogP contribution in [0.25, 0.3) is 16.5 Å².